The van der Waals surface area contributed by atoms with Crippen LogP contribution in [0.3, 0.4) is 0 Å². The van der Waals surface area contributed by atoms with Crippen LogP contribution in [0.2, 0.25) is 0 Å². The van der Waals surface area contributed by atoms with Crippen molar-refractivity contribution in [1.29, 1.82) is 5.39 Å². The van der Waals surface area contributed by atoms with E-state index >= 15 is 0 Å². The Bertz CT molecular complexity index is 597. The highest BCUT2D eigenvalue weighted by Crippen LogP contribution is 2.28. The van der Waals surface area contributed by atoms with Gasteiger partial charge in [0.25, 0.3) is 0 Å². The normalized spacial score (nSPS) is 17.4. The molecule has 4 nitrogen and oxygen atoms in total. The summed E-state index contributed by atoms with van der Waals surface area (Å²) in [4.78, 5) is 2.79. The van der Waals surface area contributed by atoms with Crippen molar-refractivity contribution in [1.82, 2.24) is 0 Å². The Hall–Kier alpha value is -2.30. The molecule has 1 aromatic rings. The van der Waals surface area contributed by atoms with Crippen molar-refractivity contribution in [3.8, 4) is 11.8 Å². The van der Waals surface area contributed by atoms with Gasteiger partial charge in [0.1, 0.15) is 5.60 Å². The van der Waals surface area contributed by atoms with E-state index in [9.17, 15) is 10.2 Å². The van der Waals surface area contributed by atoms with Crippen molar-refractivity contribution in [3.63, 3.8) is 0 Å². The molecule has 0 amide bonds. The van der Waals surface area contributed by atoms with E-state index in [0.717, 1.165) is 19.0 Å². The van der Waals surface area contributed by atoms with Gasteiger partial charge in [-0.15, -0.1) is 0 Å². The van der Waals surface area contributed by atoms with Gasteiger partial charge in [0.2, 0.25) is 11.2 Å². The van der Waals surface area contributed by atoms with Crippen molar-refractivity contribution in [2.24, 2.45) is 0 Å². The lowest BCUT2D eigenvalue weighted by Gasteiger charge is -2.13. The third-order valence-electron chi connectivity index (χ3n) is 3.24. The minimum Gasteiger partial charge on any atom is -0.501 e. The van der Waals surface area contributed by atoms with Gasteiger partial charge in [-0.3, -0.25) is 0 Å². The predicted octanol–water partition coefficient (Wildman–Crippen LogP) is 3.05. The number of aliphatic hydroxyl groups excluding tert-OH is 1. The quantitative estimate of drug-likeness (QED) is 0.460. The largest absolute Gasteiger partial charge is 0.501 e. The van der Waals surface area contributed by atoms with Gasteiger partial charge in [0.15, 0.2) is 4.98 Å². The first-order chi connectivity index (χ1) is 9.14. The summed E-state index contributed by atoms with van der Waals surface area (Å²) in [5, 5.41) is 28.4. The fourth-order valence-electron chi connectivity index (χ4n) is 2.21. The van der Waals surface area contributed by atoms with Gasteiger partial charge in [-0.25, -0.2) is 0 Å². The predicted molar refractivity (Wildman–Crippen MR) is 72.4 cm³/mol. The number of hydrogen-bond donors (Lipinski definition) is 2. The second-order valence-corrected chi connectivity index (χ2v) is 4.66. The van der Waals surface area contributed by atoms with Crippen LogP contribution in [-0.4, -0.2) is 15.8 Å². The van der Waals surface area contributed by atoms with Crippen LogP contribution in [0.5, 0.6) is 0 Å². The fraction of sp³-hybridized carbons (Fsp3) is 0.333. The molecule has 1 fully saturated rings. The van der Waals surface area contributed by atoms with Crippen LogP contribution in [0.1, 0.15) is 36.8 Å². The van der Waals surface area contributed by atoms with E-state index in [1.165, 1.54) is 0 Å². The maximum absolute atomic E-state index is 10.2. The lowest BCUT2D eigenvalue weighted by Crippen LogP contribution is -2.20. The number of hydrogen-bond acceptors (Lipinski definition) is 3. The van der Waals surface area contributed by atoms with Crippen molar-refractivity contribution >= 4 is 5.76 Å². The average molecular weight is 255 g/mol. The zero-order valence-corrected chi connectivity index (χ0v) is 10.5. The molecule has 1 aromatic carbocycles. The van der Waals surface area contributed by atoms with Crippen LogP contribution in [0, 0.1) is 17.2 Å². The number of aliphatic hydroxyl groups is 2. The van der Waals surface area contributed by atoms with Gasteiger partial charge < -0.3 is 10.2 Å². The SMILES string of the molecule is N#[N+]/C=C(\O)c1ccccc1C#CC1(O)CCCC1. The smallest absolute Gasteiger partial charge is 0.392 e. The average Bonchev–Trinajstić information content (AvgIpc) is 2.84. The summed E-state index contributed by atoms with van der Waals surface area (Å²) in [6, 6.07) is 6.99. The highest BCUT2D eigenvalue weighted by molar-refractivity contribution is 5.66. The van der Waals surface area contributed by atoms with E-state index in [4.69, 9.17) is 5.39 Å². The topological polar surface area (TPSA) is 68.6 Å². The van der Waals surface area contributed by atoms with Crippen molar-refractivity contribution < 1.29 is 10.2 Å². The lowest BCUT2D eigenvalue weighted by atomic mass is 10.0. The van der Waals surface area contributed by atoms with Crippen LogP contribution < -0.4 is 0 Å². The summed E-state index contributed by atoms with van der Waals surface area (Å²) in [6.45, 7) is 0. The van der Waals surface area contributed by atoms with Gasteiger partial charge in [-0.1, -0.05) is 24.0 Å². The summed E-state index contributed by atoms with van der Waals surface area (Å²) >= 11 is 0. The first-order valence-corrected chi connectivity index (χ1v) is 6.23. The maximum Gasteiger partial charge on any atom is 0.392 e. The molecule has 0 radical (unpaired) electrons. The lowest BCUT2D eigenvalue weighted by molar-refractivity contribution is 0.110. The minimum absolute atomic E-state index is 0.161. The zero-order chi connectivity index (χ0) is 13.7. The maximum atomic E-state index is 10.2. The van der Waals surface area contributed by atoms with Crippen molar-refractivity contribution in [2.45, 2.75) is 31.3 Å². The summed E-state index contributed by atoms with van der Waals surface area (Å²) in [7, 11) is 0. The molecule has 1 aliphatic rings. The standard InChI is InChI=1S/C15H14N2O2/c16-17-11-14(18)13-6-2-1-5-12(13)7-10-15(19)8-3-4-9-15/h1-2,5-6,11,19H,3-4,8-9H2/p+1/b14-11-. The van der Waals surface area contributed by atoms with Gasteiger partial charge in [0, 0.05) is 11.1 Å². The van der Waals surface area contributed by atoms with Gasteiger partial charge in [-0.05, 0) is 37.8 Å². The van der Waals surface area contributed by atoms with Crippen molar-refractivity contribution in [3.05, 3.63) is 46.6 Å². The Morgan fingerprint density at radius 3 is 2.68 bits per heavy atom. The molecule has 0 unspecified atom stereocenters. The summed E-state index contributed by atoms with van der Waals surface area (Å²) < 4.78 is 0. The fourth-order valence-corrected chi connectivity index (χ4v) is 2.21. The highest BCUT2D eigenvalue weighted by Gasteiger charge is 2.28. The number of rotatable bonds is 1. The molecule has 19 heavy (non-hydrogen) atoms. The number of nitrogens with zero attached hydrogens (tertiary/aromatic N) is 2. The molecule has 96 valence electrons. The van der Waals surface area contributed by atoms with E-state index in [2.05, 4.69) is 16.8 Å². The summed E-state index contributed by atoms with van der Waals surface area (Å²) in [5.74, 6) is 5.64. The molecule has 0 aromatic heterocycles. The van der Waals surface area contributed by atoms with Crippen LogP contribution in [0.25, 0.3) is 10.7 Å². The molecule has 0 aliphatic heterocycles. The zero-order valence-electron chi connectivity index (χ0n) is 10.5. The second-order valence-electron chi connectivity index (χ2n) is 4.66. The molecule has 0 atom stereocenters. The number of benzene rings is 1. The van der Waals surface area contributed by atoms with Crippen LogP contribution in [0.15, 0.2) is 30.5 Å². The summed E-state index contributed by atoms with van der Waals surface area (Å²) in [5.41, 5.74) is 0.169. The van der Waals surface area contributed by atoms with E-state index in [0.29, 0.717) is 24.0 Å². The van der Waals surface area contributed by atoms with E-state index < -0.39 is 5.60 Å². The summed E-state index contributed by atoms with van der Waals surface area (Å²) in [6.07, 6.45) is 4.31. The Morgan fingerprint density at radius 1 is 1.32 bits per heavy atom. The molecule has 2 N–H and O–H groups in total. The molecule has 0 saturated heterocycles. The van der Waals surface area contributed by atoms with Gasteiger partial charge in [-0.2, -0.15) is 0 Å². The third-order valence-corrected chi connectivity index (χ3v) is 3.24. The third kappa shape index (κ3) is 3.13. The van der Waals surface area contributed by atoms with Gasteiger partial charge in [0.05, 0.1) is 0 Å². The number of diazo groups is 1. The first-order valence-electron chi connectivity index (χ1n) is 6.23. The molecule has 0 spiro atoms. The van der Waals surface area contributed by atoms with E-state index in [1.807, 2.05) is 0 Å². The van der Waals surface area contributed by atoms with Crippen LogP contribution >= 0.6 is 0 Å². The molecule has 2 rings (SSSR count). The van der Waals surface area contributed by atoms with Gasteiger partial charge >= 0.3 is 6.20 Å². The van der Waals surface area contributed by atoms with E-state index in [-0.39, 0.29) is 5.76 Å². The Balaban J connectivity index is 2.34. The highest BCUT2D eigenvalue weighted by atomic mass is 16.3. The van der Waals surface area contributed by atoms with Crippen LogP contribution in [0.4, 0.5) is 0 Å². The molecule has 1 saturated carbocycles. The molecular formula is C15H15N2O2+. The Labute approximate surface area is 112 Å². The minimum atomic E-state index is -0.909. The molecule has 0 heterocycles. The van der Waals surface area contributed by atoms with Crippen LogP contribution in [-0.2, 0) is 0 Å². The molecule has 1 aliphatic carbocycles. The monoisotopic (exact) mass is 255 g/mol. The second kappa shape index (κ2) is 5.56. The molecular weight excluding hydrogens is 240 g/mol. The van der Waals surface area contributed by atoms with E-state index in [1.54, 1.807) is 24.3 Å². The first kappa shape index (κ1) is 13.1. The Kier molecular flexibility index (Phi) is 3.85. The van der Waals surface area contributed by atoms with Crippen molar-refractivity contribution in [2.75, 3.05) is 0 Å². The molecule has 0 bridgehead atoms. The molecule has 4 heteroatoms. The Morgan fingerprint density at radius 2 is 2.00 bits per heavy atom.